The van der Waals surface area contributed by atoms with Gasteiger partial charge in [-0.3, -0.25) is 4.90 Å². The maximum Gasteiger partial charge on any atom is 0.152 e. The molecule has 1 N–H and O–H groups in total. The van der Waals surface area contributed by atoms with Gasteiger partial charge in [0.1, 0.15) is 0 Å². The molecule has 16 heavy (non-hydrogen) atoms. The Balaban J connectivity index is 1.73. The summed E-state index contributed by atoms with van der Waals surface area (Å²) < 4.78 is 0. The van der Waals surface area contributed by atoms with Gasteiger partial charge in [0.25, 0.3) is 0 Å². The fourth-order valence-corrected chi connectivity index (χ4v) is 3.12. The molecule has 0 bridgehead atoms. The third-order valence-electron chi connectivity index (χ3n) is 3.71. The van der Waals surface area contributed by atoms with Gasteiger partial charge < -0.3 is 5.32 Å². The second-order valence-corrected chi connectivity index (χ2v) is 4.98. The first kappa shape index (κ1) is 10.4. The summed E-state index contributed by atoms with van der Waals surface area (Å²) in [6, 6.07) is 5.18. The molecule has 2 saturated heterocycles. The molecule has 0 spiro atoms. The van der Waals surface area contributed by atoms with Crippen LogP contribution in [-0.4, -0.2) is 35.1 Å². The molecule has 2 atom stereocenters. The lowest BCUT2D eigenvalue weighted by atomic mass is 10.1. The van der Waals surface area contributed by atoms with Gasteiger partial charge in [0, 0.05) is 24.8 Å². The van der Waals surface area contributed by atoms with Crippen LogP contribution in [-0.2, 0) is 0 Å². The van der Waals surface area contributed by atoms with E-state index in [1.807, 2.05) is 12.1 Å². The monoisotopic (exact) mass is 237 g/mol. The van der Waals surface area contributed by atoms with Gasteiger partial charge >= 0.3 is 0 Å². The lowest BCUT2D eigenvalue weighted by Gasteiger charge is -2.22. The van der Waals surface area contributed by atoms with Crippen molar-refractivity contribution in [3.05, 3.63) is 23.5 Å². The molecule has 0 saturated carbocycles. The number of nitrogens with one attached hydrogen (secondary N) is 1. The zero-order valence-electron chi connectivity index (χ0n) is 9.19. The molecular formula is C12H16ClN3. The predicted molar refractivity (Wildman–Crippen MR) is 65.9 cm³/mol. The molecule has 4 heteroatoms. The molecule has 1 aromatic rings. The van der Waals surface area contributed by atoms with Gasteiger partial charge in [0.15, 0.2) is 5.15 Å². The molecule has 0 amide bonds. The zero-order chi connectivity index (χ0) is 11.0. The van der Waals surface area contributed by atoms with Gasteiger partial charge in [0.2, 0.25) is 0 Å². The van der Waals surface area contributed by atoms with Crippen molar-refractivity contribution in [3.63, 3.8) is 0 Å². The van der Waals surface area contributed by atoms with E-state index in [0.717, 1.165) is 5.69 Å². The van der Waals surface area contributed by atoms with E-state index >= 15 is 0 Å². The molecule has 3 rings (SSSR count). The largest absolute Gasteiger partial charge is 0.378 e. The zero-order valence-corrected chi connectivity index (χ0v) is 9.95. The third kappa shape index (κ3) is 1.78. The Morgan fingerprint density at radius 3 is 3.19 bits per heavy atom. The van der Waals surface area contributed by atoms with Gasteiger partial charge in [-0.05, 0) is 37.9 Å². The van der Waals surface area contributed by atoms with E-state index < -0.39 is 0 Å². The van der Waals surface area contributed by atoms with Crippen molar-refractivity contribution in [1.29, 1.82) is 0 Å². The van der Waals surface area contributed by atoms with Crippen LogP contribution in [0, 0.1) is 0 Å². The molecular weight excluding hydrogens is 222 g/mol. The fourth-order valence-electron chi connectivity index (χ4n) is 2.94. The fraction of sp³-hybridized carbons (Fsp3) is 0.583. The average molecular weight is 238 g/mol. The lowest BCUT2D eigenvalue weighted by molar-refractivity contribution is 0.318. The number of hydrogen-bond donors (Lipinski definition) is 1. The highest BCUT2D eigenvalue weighted by molar-refractivity contribution is 6.31. The summed E-state index contributed by atoms with van der Waals surface area (Å²) >= 11 is 6.06. The summed E-state index contributed by atoms with van der Waals surface area (Å²) in [5, 5.41) is 4.13. The summed E-state index contributed by atoms with van der Waals surface area (Å²) in [6.45, 7) is 2.49. The summed E-state index contributed by atoms with van der Waals surface area (Å²) in [4.78, 5) is 6.68. The van der Waals surface area contributed by atoms with Crippen LogP contribution in [0.25, 0.3) is 0 Å². The molecule has 0 radical (unpaired) electrons. The first-order valence-corrected chi connectivity index (χ1v) is 6.33. The number of aromatic nitrogens is 1. The van der Waals surface area contributed by atoms with Crippen molar-refractivity contribution in [1.82, 2.24) is 9.88 Å². The van der Waals surface area contributed by atoms with Crippen molar-refractivity contribution in [2.24, 2.45) is 0 Å². The first-order chi connectivity index (χ1) is 7.84. The maximum absolute atomic E-state index is 6.06. The maximum atomic E-state index is 6.06. The Labute approximate surface area is 101 Å². The lowest BCUT2D eigenvalue weighted by Crippen LogP contribution is -2.33. The summed E-state index contributed by atoms with van der Waals surface area (Å²) in [7, 11) is 0. The van der Waals surface area contributed by atoms with Crippen molar-refractivity contribution in [2.75, 3.05) is 18.4 Å². The Morgan fingerprint density at radius 2 is 2.31 bits per heavy atom. The van der Waals surface area contributed by atoms with Gasteiger partial charge in [0.05, 0.1) is 5.69 Å². The molecule has 3 heterocycles. The molecule has 0 aliphatic carbocycles. The number of nitrogens with zero attached hydrogens (tertiary/aromatic N) is 2. The van der Waals surface area contributed by atoms with Crippen LogP contribution < -0.4 is 5.32 Å². The first-order valence-electron chi connectivity index (χ1n) is 5.96. The van der Waals surface area contributed by atoms with E-state index in [1.54, 1.807) is 6.20 Å². The van der Waals surface area contributed by atoms with Crippen molar-refractivity contribution in [2.45, 2.75) is 31.3 Å². The minimum absolute atomic E-state index is 0.546. The summed E-state index contributed by atoms with van der Waals surface area (Å²) in [5.74, 6) is 0. The third-order valence-corrected chi connectivity index (χ3v) is 4.01. The van der Waals surface area contributed by atoms with Crippen LogP contribution in [0.3, 0.4) is 0 Å². The minimum atomic E-state index is 0.546. The van der Waals surface area contributed by atoms with Crippen molar-refractivity contribution >= 4 is 17.3 Å². The highest BCUT2D eigenvalue weighted by Crippen LogP contribution is 2.31. The van der Waals surface area contributed by atoms with Gasteiger partial charge in [-0.2, -0.15) is 0 Å². The molecule has 2 fully saturated rings. The van der Waals surface area contributed by atoms with Crippen LogP contribution >= 0.6 is 11.6 Å². The average Bonchev–Trinajstić information content (AvgIpc) is 2.86. The predicted octanol–water partition coefficient (Wildman–Crippen LogP) is 2.38. The second kappa shape index (κ2) is 4.22. The van der Waals surface area contributed by atoms with E-state index in [-0.39, 0.29) is 0 Å². The van der Waals surface area contributed by atoms with E-state index in [9.17, 15) is 0 Å². The van der Waals surface area contributed by atoms with Crippen LogP contribution in [0.2, 0.25) is 5.15 Å². The smallest absolute Gasteiger partial charge is 0.152 e. The van der Waals surface area contributed by atoms with Crippen LogP contribution in [0.5, 0.6) is 0 Å². The van der Waals surface area contributed by atoms with Gasteiger partial charge in [-0.25, -0.2) is 4.98 Å². The Bertz CT molecular complexity index is 382. The summed E-state index contributed by atoms with van der Waals surface area (Å²) in [5.41, 5.74) is 0.975. The molecule has 1 aromatic heterocycles. The van der Waals surface area contributed by atoms with E-state index in [0.29, 0.717) is 17.2 Å². The normalized spacial score (nSPS) is 29.3. The van der Waals surface area contributed by atoms with Crippen LogP contribution in [0.4, 0.5) is 5.69 Å². The molecule has 2 aliphatic heterocycles. The molecule has 2 unspecified atom stereocenters. The molecule has 2 aliphatic rings. The standard InChI is InChI=1S/C12H16ClN3/c13-12-10(3-1-6-14-12)15-9-5-8-16-7-2-4-11(9)16/h1,3,6,9,11,15H,2,4-5,7-8H2. The highest BCUT2D eigenvalue weighted by Gasteiger charge is 2.37. The van der Waals surface area contributed by atoms with E-state index in [4.69, 9.17) is 11.6 Å². The number of pyridine rings is 1. The van der Waals surface area contributed by atoms with Gasteiger partial charge in [-0.15, -0.1) is 0 Å². The Hall–Kier alpha value is -0.800. The number of rotatable bonds is 2. The van der Waals surface area contributed by atoms with E-state index in [2.05, 4.69) is 15.2 Å². The Kier molecular flexibility index (Phi) is 2.74. The molecule has 3 nitrogen and oxygen atoms in total. The number of hydrogen-bond acceptors (Lipinski definition) is 3. The van der Waals surface area contributed by atoms with Crippen molar-refractivity contribution < 1.29 is 0 Å². The number of halogens is 1. The summed E-state index contributed by atoms with van der Waals surface area (Å²) in [6.07, 6.45) is 5.60. The number of anilines is 1. The highest BCUT2D eigenvalue weighted by atomic mass is 35.5. The van der Waals surface area contributed by atoms with E-state index in [1.165, 1.54) is 32.4 Å². The SMILES string of the molecule is Clc1ncccc1NC1CCN2CCCC12. The topological polar surface area (TPSA) is 28.2 Å². The van der Waals surface area contributed by atoms with Crippen LogP contribution in [0.1, 0.15) is 19.3 Å². The number of fused-ring (bicyclic) bond motifs is 1. The second-order valence-electron chi connectivity index (χ2n) is 4.63. The van der Waals surface area contributed by atoms with Crippen LogP contribution in [0.15, 0.2) is 18.3 Å². The van der Waals surface area contributed by atoms with Gasteiger partial charge in [-0.1, -0.05) is 11.6 Å². The minimum Gasteiger partial charge on any atom is -0.378 e. The van der Waals surface area contributed by atoms with Crippen molar-refractivity contribution in [3.8, 4) is 0 Å². The molecule has 86 valence electrons. The molecule has 0 aromatic carbocycles. The Morgan fingerprint density at radius 1 is 1.38 bits per heavy atom. The quantitative estimate of drug-likeness (QED) is 0.801.